The summed E-state index contributed by atoms with van der Waals surface area (Å²) >= 11 is 13.3. The number of aromatic nitrogens is 2. The van der Waals surface area contributed by atoms with E-state index < -0.39 is 22.8 Å². The molecule has 2 aromatic carbocycles. The van der Waals surface area contributed by atoms with Crippen LogP contribution < -0.4 is 20.5 Å². The molecule has 218 valence electrons. The summed E-state index contributed by atoms with van der Waals surface area (Å²) in [6.07, 6.45) is 6.17. The number of nitrogens with one attached hydrogen (secondary N) is 1. The number of aromatic carboxylic acids is 1. The second-order valence-electron chi connectivity index (χ2n) is 10.7. The second kappa shape index (κ2) is 11.9. The number of hydrogen-bond donors (Lipinski definition) is 2. The summed E-state index contributed by atoms with van der Waals surface area (Å²) in [6, 6.07) is 14.6. The Bertz CT molecular complexity index is 1670. The van der Waals surface area contributed by atoms with Crippen molar-refractivity contribution in [3.05, 3.63) is 93.1 Å². The topological polar surface area (TPSA) is 90.7 Å². The van der Waals surface area contributed by atoms with Gasteiger partial charge in [0, 0.05) is 62.2 Å². The number of alkyl halides is 1. The maximum absolute atomic E-state index is 15.7. The molecule has 11 heteroatoms. The quantitative estimate of drug-likeness (QED) is 0.269. The number of fused-ring (bicyclic) bond motifs is 1. The van der Waals surface area contributed by atoms with E-state index in [1.807, 2.05) is 47.4 Å². The number of benzene rings is 2. The van der Waals surface area contributed by atoms with Gasteiger partial charge < -0.3 is 24.8 Å². The summed E-state index contributed by atoms with van der Waals surface area (Å²) in [5.74, 6) is -1.22. The highest BCUT2D eigenvalue weighted by atomic mass is 35.5. The number of anilines is 2. The lowest BCUT2D eigenvalue weighted by molar-refractivity contribution is 0.0695. The van der Waals surface area contributed by atoms with Crippen molar-refractivity contribution in [2.75, 3.05) is 36.0 Å². The predicted molar refractivity (Wildman–Crippen MR) is 164 cm³/mol. The van der Waals surface area contributed by atoms with Gasteiger partial charge in [0.05, 0.1) is 21.6 Å². The van der Waals surface area contributed by atoms with Crippen LogP contribution in [0.15, 0.2) is 65.7 Å². The zero-order chi connectivity index (χ0) is 29.4. The Kier molecular flexibility index (Phi) is 8.07. The summed E-state index contributed by atoms with van der Waals surface area (Å²) in [6.45, 7) is 2.83. The molecule has 1 aliphatic heterocycles. The van der Waals surface area contributed by atoms with Crippen molar-refractivity contribution in [1.82, 2.24) is 14.9 Å². The van der Waals surface area contributed by atoms with Crippen molar-refractivity contribution in [3.63, 3.8) is 0 Å². The number of hydrogen-bond acceptors (Lipinski definition) is 6. The molecule has 0 amide bonds. The summed E-state index contributed by atoms with van der Waals surface area (Å²) in [7, 11) is 0. The maximum atomic E-state index is 15.7. The number of pyridine rings is 2. The minimum atomic E-state index is -1.39. The average Bonchev–Trinajstić information content (AvgIpc) is 3.42. The van der Waals surface area contributed by atoms with Crippen LogP contribution in [0.1, 0.15) is 35.2 Å². The fourth-order valence-corrected chi connectivity index (χ4v) is 6.69. The number of carboxylic acids is 1. The molecule has 2 atom stereocenters. The molecule has 0 spiro atoms. The Morgan fingerprint density at radius 2 is 1.81 bits per heavy atom. The van der Waals surface area contributed by atoms with Crippen LogP contribution in [-0.4, -0.2) is 58.2 Å². The van der Waals surface area contributed by atoms with Gasteiger partial charge in [-0.3, -0.25) is 4.79 Å². The van der Waals surface area contributed by atoms with Gasteiger partial charge in [-0.25, -0.2) is 14.2 Å². The standard InChI is InChI=1S/C31H30Cl2FN5O3/c32-23-4-3-5-25(23)36-17-19-7-9-20(10-8-19)39-18-22(31(41)42)30(40)21-16-24(34)29(27(33)28(21)39)38-14-12-37(13-15-38)26-6-1-2-11-35-26/h1-2,6-11,16,18,23,25,36H,3-5,12-15,17H2,(H,41,42). The van der Waals surface area contributed by atoms with Gasteiger partial charge in [0.2, 0.25) is 5.43 Å². The first-order chi connectivity index (χ1) is 20.3. The van der Waals surface area contributed by atoms with Crippen LogP contribution in [0.3, 0.4) is 0 Å². The van der Waals surface area contributed by atoms with Crippen LogP contribution >= 0.6 is 23.2 Å². The Hall–Kier alpha value is -3.66. The normalized spacial score (nSPS) is 19.0. The van der Waals surface area contributed by atoms with Crippen molar-refractivity contribution in [2.45, 2.75) is 37.2 Å². The van der Waals surface area contributed by atoms with Gasteiger partial charge in [0.1, 0.15) is 17.2 Å². The van der Waals surface area contributed by atoms with Crippen molar-refractivity contribution in [2.24, 2.45) is 0 Å². The molecule has 0 radical (unpaired) electrons. The molecule has 3 heterocycles. The highest BCUT2D eigenvalue weighted by Gasteiger charge is 2.27. The molecule has 1 saturated carbocycles. The van der Waals surface area contributed by atoms with E-state index in [-0.39, 0.29) is 33.0 Å². The molecule has 1 aliphatic carbocycles. The van der Waals surface area contributed by atoms with E-state index >= 15 is 4.39 Å². The molecule has 2 N–H and O–H groups in total. The predicted octanol–water partition coefficient (Wildman–Crippen LogP) is 5.45. The molecular formula is C31H30Cl2FN5O3. The summed E-state index contributed by atoms with van der Waals surface area (Å²) in [5, 5.41) is 13.4. The molecule has 2 aliphatic rings. The molecule has 6 rings (SSSR count). The van der Waals surface area contributed by atoms with Crippen molar-refractivity contribution >= 4 is 51.6 Å². The highest BCUT2D eigenvalue weighted by Crippen LogP contribution is 2.37. The van der Waals surface area contributed by atoms with Crippen LogP contribution in [0.25, 0.3) is 16.6 Å². The Labute approximate surface area is 252 Å². The molecule has 2 unspecified atom stereocenters. The molecule has 0 bridgehead atoms. The van der Waals surface area contributed by atoms with Crippen LogP contribution in [0, 0.1) is 5.82 Å². The molecule has 2 aromatic heterocycles. The SMILES string of the molecule is O=C(O)c1cn(-c2ccc(CNC3CCCC3Cl)cc2)c2c(Cl)c(N3CCN(c4ccccn4)CC3)c(F)cc2c1=O. The first-order valence-electron chi connectivity index (χ1n) is 14.0. The van der Waals surface area contributed by atoms with Gasteiger partial charge >= 0.3 is 5.97 Å². The van der Waals surface area contributed by atoms with Crippen LogP contribution in [-0.2, 0) is 6.54 Å². The molecule has 42 heavy (non-hydrogen) atoms. The molecule has 4 aromatic rings. The van der Waals surface area contributed by atoms with E-state index in [0.717, 1.165) is 36.7 Å². The van der Waals surface area contributed by atoms with Crippen molar-refractivity contribution in [1.29, 1.82) is 0 Å². The van der Waals surface area contributed by atoms with Gasteiger partial charge in [0.25, 0.3) is 0 Å². The fourth-order valence-electron chi connectivity index (χ4n) is 5.92. The minimum Gasteiger partial charge on any atom is -0.477 e. The van der Waals surface area contributed by atoms with Gasteiger partial charge in [-0.1, -0.05) is 36.2 Å². The van der Waals surface area contributed by atoms with Gasteiger partial charge in [-0.15, -0.1) is 11.6 Å². The fraction of sp³-hybridized carbons (Fsp3) is 0.323. The Balaban J connectivity index is 1.36. The summed E-state index contributed by atoms with van der Waals surface area (Å²) in [4.78, 5) is 33.6. The van der Waals surface area contributed by atoms with Crippen LogP contribution in [0.5, 0.6) is 0 Å². The lowest BCUT2D eigenvalue weighted by Crippen LogP contribution is -2.47. The molecule has 8 nitrogen and oxygen atoms in total. The average molecular weight is 611 g/mol. The lowest BCUT2D eigenvalue weighted by atomic mass is 10.1. The van der Waals surface area contributed by atoms with E-state index in [1.165, 1.54) is 6.20 Å². The molecular weight excluding hydrogens is 580 g/mol. The minimum absolute atomic E-state index is 0.0606. The number of carboxylic acid groups (broad SMARTS) is 1. The Morgan fingerprint density at radius 1 is 1.07 bits per heavy atom. The van der Waals surface area contributed by atoms with E-state index in [4.69, 9.17) is 23.2 Å². The van der Waals surface area contributed by atoms with E-state index in [9.17, 15) is 14.7 Å². The third-order valence-corrected chi connectivity index (χ3v) is 9.05. The molecule has 1 saturated heterocycles. The van der Waals surface area contributed by atoms with Crippen LogP contribution in [0.2, 0.25) is 5.02 Å². The van der Waals surface area contributed by atoms with Crippen molar-refractivity contribution in [3.8, 4) is 5.69 Å². The number of carbonyl (C=O) groups is 1. The maximum Gasteiger partial charge on any atom is 0.341 e. The molecule has 2 fully saturated rings. The number of piperazine rings is 1. The van der Waals surface area contributed by atoms with Gasteiger partial charge in [0.15, 0.2) is 0 Å². The number of halogens is 3. The van der Waals surface area contributed by atoms with Crippen LogP contribution in [0.4, 0.5) is 15.9 Å². The highest BCUT2D eigenvalue weighted by molar-refractivity contribution is 6.38. The number of nitrogens with zero attached hydrogens (tertiary/aromatic N) is 4. The first-order valence-corrected chi connectivity index (χ1v) is 14.8. The van der Waals surface area contributed by atoms with Crippen molar-refractivity contribution < 1.29 is 14.3 Å². The number of rotatable bonds is 7. The van der Waals surface area contributed by atoms with E-state index in [0.29, 0.717) is 38.4 Å². The van der Waals surface area contributed by atoms with E-state index in [1.54, 1.807) is 10.8 Å². The summed E-state index contributed by atoms with van der Waals surface area (Å²) in [5.41, 5.74) is 0.832. The zero-order valence-electron chi connectivity index (χ0n) is 22.8. The lowest BCUT2D eigenvalue weighted by Gasteiger charge is -2.37. The Morgan fingerprint density at radius 3 is 2.45 bits per heavy atom. The van der Waals surface area contributed by atoms with Gasteiger partial charge in [-0.2, -0.15) is 0 Å². The van der Waals surface area contributed by atoms with E-state index in [2.05, 4.69) is 15.2 Å². The van der Waals surface area contributed by atoms with Gasteiger partial charge in [-0.05, 0) is 48.7 Å². The third kappa shape index (κ3) is 5.44. The first kappa shape index (κ1) is 28.5. The smallest absolute Gasteiger partial charge is 0.341 e. The second-order valence-corrected chi connectivity index (χ2v) is 11.7. The monoisotopic (exact) mass is 609 g/mol. The zero-order valence-corrected chi connectivity index (χ0v) is 24.3. The largest absolute Gasteiger partial charge is 0.477 e. The summed E-state index contributed by atoms with van der Waals surface area (Å²) < 4.78 is 17.2. The third-order valence-electron chi connectivity index (χ3n) is 8.17.